The Balaban J connectivity index is 1.47. The number of anilines is 1. The van der Waals surface area contributed by atoms with Crippen molar-refractivity contribution in [2.75, 3.05) is 44.7 Å². The van der Waals surface area contributed by atoms with Crippen molar-refractivity contribution in [3.8, 4) is 0 Å². The Kier molecular flexibility index (Phi) is 5.40. The first-order valence-electron chi connectivity index (χ1n) is 9.68. The van der Waals surface area contributed by atoms with Gasteiger partial charge in [0.15, 0.2) is 0 Å². The van der Waals surface area contributed by atoms with Gasteiger partial charge in [-0.3, -0.25) is 14.3 Å². The largest absolute Gasteiger partial charge is 0.378 e. The van der Waals surface area contributed by atoms with E-state index in [-0.39, 0.29) is 11.8 Å². The third kappa shape index (κ3) is 3.65. The zero-order valence-electron chi connectivity index (χ0n) is 15.8. The standard InChI is InChI=1S/C20H25N5O3/c26-18(24-12-14-28-15-13-24)16-2-4-17(5-3-16)23-19(27)20(6-9-21-10-7-20)25-11-1-8-22-25/h1-5,8,11,21H,6-7,9-10,12-15H2,(H,23,27). The molecule has 3 heterocycles. The number of amides is 2. The SMILES string of the molecule is O=C(c1ccc(NC(=O)C2(n3cccn3)CCNCC2)cc1)N1CCOCC1. The molecule has 2 aromatic rings. The van der Waals surface area contributed by atoms with Crippen molar-refractivity contribution in [3.63, 3.8) is 0 Å². The van der Waals surface area contributed by atoms with E-state index in [0.717, 1.165) is 13.1 Å². The van der Waals surface area contributed by atoms with Crippen molar-refractivity contribution < 1.29 is 14.3 Å². The molecule has 0 spiro atoms. The summed E-state index contributed by atoms with van der Waals surface area (Å²) in [6.45, 7) is 3.89. The fourth-order valence-corrected chi connectivity index (χ4v) is 3.82. The zero-order valence-corrected chi connectivity index (χ0v) is 15.8. The van der Waals surface area contributed by atoms with Gasteiger partial charge in [0.1, 0.15) is 5.54 Å². The lowest BCUT2D eigenvalue weighted by atomic mass is 9.87. The van der Waals surface area contributed by atoms with Crippen LogP contribution in [0.25, 0.3) is 0 Å². The number of morpholine rings is 1. The van der Waals surface area contributed by atoms with Crippen LogP contribution >= 0.6 is 0 Å². The zero-order chi connectivity index (χ0) is 19.4. The highest BCUT2D eigenvalue weighted by atomic mass is 16.5. The van der Waals surface area contributed by atoms with Gasteiger partial charge in [-0.15, -0.1) is 0 Å². The Hall–Kier alpha value is -2.71. The molecule has 4 rings (SSSR count). The van der Waals surface area contributed by atoms with Gasteiger partial charge in [-0.05, 0) is 56.3 Å². The van der Waals surface area contributed by atoms with Gasteiger partial charge in [0.2, 0.25) is 0 Å². The molecule has 8 nitrogen and oxygen atoms in total. The molecular formula is C20H25N5O3. The van der Waals surface area contributed by atoms with E-state index in [0.29, 0.717) is 50.4 Å². The smallest absolute Gasteiger partial charge is 0.254 e. The van der Waals surface area contributed by atoms with Crippen LogP contribution in [0.15, 0.2) is 42.7 Å². The third-order valence-electron chi connectivity index (χ3n) is 5.48. The number of piperidine rings is 1. The average molecular weight is 383 g/mol. The molecule has 0 aliphatic carbocycles. The van der Waals surface area contributed by atoms with E-state index in [1.54, 1.807) is 40.0 Å². The summed E-state index contributed by atoms with van der Waals surface area (Å²) in [6.07, 6.45) is 4.89. The summed E-state index contributed by atoms with van der Waals surface area (Å²) in [5.74, 6) is -0.0856. The number of rotatable bonds is 4. The van der Waals surface area contributed by atoms with E-state index >= 15 is 0 Å². The molecule has 2 aliphatic rings. The quantitative estimate of drug-likeness (QED) is 0.825. The van der Waals surface area contributed by atoms with Gasteiger partial charge < -0.3 is 20.3 Å². The molecule has 0 bridgehead atoms. The second-order valence-electron chi connectivity index (χ2n) is 7.17. The number of aromatic nitrogens is 2. The Morgan fingerprint density at radius 2 is 1.82 bits per heavy atom. The lowest BCUT2D eigenvalue weighted by Crippen LogP contribution is -2.52. The minimum absolute atomic E-state index is 0.00690. The average Bonchev–Trinajstić information content (AvgIpc) is 3.30. The molecule has 0 atom stereocenters. The van der Waals surface area contributed by atoms with Crippen molar-refractivity contribution >= 4 is 17.5 Å². The number of hydrogen-bond donors (Lipinski definition) is 2. The van der Waals surface area contributed by atoms with Gasteiger partial charge in [-0.1, -0.05) is 0 Å². The van der Waals surface area contributed by atoms with Crippen LogP contribution in [0.3, 0.4) is 0 Å². The maximum atomic E-state index is 13.2. The number of carbonyl (C=O) groups excluding carboxylic acids is 2. The molecule has 0 unspecified atom stereocenters. The van der Waals surface area contributed by atoms with E-state index in [1.807, 2.05) is 12.3 Å². The number of nitrogens with one attached hydrogen (secondary N) is 2. The van der Waals surface area contributed by atoms with Crippen molar-refractivity contribution in [1.29, 1.82) is 0 Å². The molecule has 8 heteroatoms. The van der Waals surface area contributed by atoms with Gasteiger partial charge in [-0.25, -0.2) is 0 Å². The monoisotopic (exact) mass is 383 g/mol. The number of nitrogens with zero attached hydrogens (tertiary/aromatic N) is 3. The molecule has 2 amide bonds. The molecule has 28 heavy (non-hydrogen) atoms. The second-order valence-corrected chi connectivity index (χ2v) is 7.17. The summed E-state index contributed by atoms with van der Waals surface area (Å²) in [4.78, 5) is 27.5. The van der Waals surface area contributed by atoms with Crippen LogP contribution in [0, 0.1) is 0 Å². The van der Waals surface area contributed by atoms with E-state index in [4.69, 9.17) is 4.74 Å². The first-order valence-corrected chi connectivity index (χ1v) is 9.68. The predicted molar refractivity (Wildman–Crippen MR) is 104 cm³/mol. The van der Waals surface area contributed by atoms with Crippen molar-refractivity contribution in [1.82, 2.24) is 20.0 Å². The van der Waals surface area contributed by atoms with E-state index < -0.39 is 5.54 Å². The van der Waals surface area contributed by atoms with Gasteiger partial charge in [0.05, 0.1) is 13.2 Å². The van der Waals surface area contributed by atoms with Gasteiger partial charge in [0, 0.05) is 36.7 Å². The number of benzene rings is 1. The third-order valence-corrected chi connectivity index (χ3v) is 5.48. The maximum Gasteiger partial charge on any atom is 0.254 e. The van der Waals surface area contributed by atoms with Crippen LogP contribution in [0.4, 0.5) is 5.69 Å². The van der Waals surface area contributed by atoms with Crippen molar-refractivity contribution in [2.45, 2.75) is 18.4 Å². The van der Waals surface area contributed by atoms with Crippen LogP contribution in [0.1, 0.15) is 23.2 Å². The molecule has 2 fully saturated rings. The minimum atomic E-state index is -0.697. The van der Waals surface area contributed by atoms with E-state index in [9.17, 15) is 9.59 Å². The van der Waals surface area contributed by atoms with Crippen LogP contribution in [-0.2, 0) is 15.1 Å². The molecule has 2 aliphatic heterocycles. The fraction of sp³-hybridized carbons (Fsp3) is 0.450. The second kappa shape index (κ2) is 8.12. The highest BCUT2D eigenvalue weighted by Gasteiger charge is 2.42. The number of hydrogen-bond acceptors (Lipinski definition) is 5. The molecular weight excluding hydrogens is 358 g/mol. The fourth-order valence-electron chi connectivity index (χ4n) is 3.82. The molecule has 1 aromatic heterocycles. The molecule has 0 radical (unpaired) electrons. The molecule has 2 saturated heterocycles. The Morgan fingerprint density at radius 3 is 2.46 bits per heavy atom. The Bertz CT molecular complexity index is 807. The summed E-state index contributed by atoms with van der Waals surface area (Å²) in [5.41, 5.74) is 0.592. The van der Waals surface area contributed by atoms with Gasteiger partial charge in [-0.2, -0.15) is 5.10 Å². The minimum Gasteiger partial charge on any atom is -0.378 e. The van der Waals surface area contributed by atoms with Crippen LogP contribution < -0.4 is 10.6 Å². The topological polar surface area (TPSA) is 88.5 Å². The first kappa shape index (κ1) is 18.6. The van der Waals surface area contributed by atoms with Crippen molar-refractivity contribution in [2.24, 2.45) is 0 Å². The summed E-state index contributed by atoms with van der Waals surface area (Å²) in [7, 11) is 0. The number of ether oxygens (including phenoxy) is 1. The van der Waals surface area contributed by atoms with Crippen LogP contribution in [0.2, 0.25) is 0 Å². The molecule has 2 N–H and O–H groups in total. The van der Waals surface area contributed by atoms with Gasteiger partial charge >= 0.3 is 0 Å². The van der Waals surface area contributed by atoms with Gasteiger partial charge in [0.25, 0.3) is 11.8 Å². The van der Waals surface area contributed by atoms with E-state index in [1.165, 1.54) is 0 Å². The number of carbonyl (C=O) groups is 2. The molecule has 148 valence electrons. The first-order chi connectivity index (χ1) is 13.7. The summed E-state index contributed by atoms with van der Waals surface area (Å²) >= 11 is 0. The van der Waals surface area contributed by atoms with Crippen LogP contribution in [0.5, 0.6) is 0 Å². The van der Waals surface area contributed by atoms with Crippen molar-refractivity contribution in [3.05, 3.63) is 48.3 Å². The molecule has 0 saturated carbocycles. The summed E-state index contributed by atoms with van der Waals surface area (Å²) in [5, 5.41) is 10.6. The lowest BCUT2D eigenvalue weighted by Gasteiger charge is -2.36. The summed E-state index contributed by atoms with van der Waals surface area (Å²) in [6, 6.07) is 8.92. The lowest BCUT2D eigenvalue weighted by molar-refractivity contribution is -0.126. The normalized spacial score (nSPS) is 19.2. The maximum absolute atomic E-state index is 13.2. The van der Waals surface area contributed by atoms with E-state index in [2.05, 4.69) is 15.7 Å². The predicted octanol–water partition coefficient (Wildman–Crippen LogP) is 1.07. The van der Waals surface area contributed by atoms with Crippen LogP contribution in [-0.4, -0.2) is 65.9 Å². The summed E-state index contributed by atoms with van der Waals surface area (Å²) < 4.78 is 7.06. The highest BCUT2D eigenvalue weighted by Crippen LogP contribution is 2.28. The molecule has 1 aromatic carbocycles. The Labute approximate surface area is 163 Å². The highest BCUT2D eigenvalue weighted by molar-refractivity contribution is 5.98. The Morgan fingerprint density at radius 1 is 1.11 bits per heavy atom.